The van der Waals surface area contributed by atoms with Crippen LogP contribution in [0.5, 0.6) is 5.75 Å². The molecule has 0 saturated heterocycles. The van der Waals surface area contributed by atoms with E-state index < -0.39 is 36.2 Å². The molecule has 5 nitrogen and oxygen atoms in total. The van der Waals surface area contributed by atoms with E-state index in [0.29, 0.717) is 24.2 Å². The smallest absolute Gasteiger partial charge is 0.428 e. The molecule has 0 fully saturated rings. The summed E-state index contributed by atoms with van der Waals surface area (Å²) in [5.74, 6) is -1.85. The Morgan fingerprint density at radius 3 is 2.43 bits per heavy atom. The molecule has 2 rings (SSSR count). The van der Waals surface area contributed by atoms with E-state index >= 15 is 0 Å². The molecule has 0 aliphatic heterocycles. The fourth-order valence-electron chi connectivity index (χ4n) is 2.62. The van der Waals surface area contributed by atoms with Gasteiger partial charge in [0.25, 0.3) is 0 Å². The zero-order valence-electron chi connectivity index (χ0n) is 16.0. The highest BCUT2D eigenvalue weighted by Crippen LogP contribution is 2.31. The summed E-state index contributed by atoms with van der Waals surface area (Å²) in [6.07, 6.45) is -7.64. The van der Waals surface area contributed by atoms with Gasteiger partial charge in [0, 0.05) is 25.4 Å². The minimum atomic E-state index is -4.82. The number of benzene rings is 1. The molecule has 0 unspecified atom stereocenters. The molecule has 1 heterocycles. The molecule has 1 N–H and O–H groups in total. The van der Waals surface area contributed by atoms with E-state index in [1.165, 1.54) is 23.2 Å². The normalized spacial score (nSPS) is 12.6. The molecule has 0 saturated carbocycles. The van der Waals surface area contributed by atoms with Gasteiger partial charge in [0.05, 0.1) is 16.8 Å². The van der Waals surface area contributed by atoms with Crippen molar-refractivity contribution in [3.05, 3.63) is 58.6 Å². The molecular formula is C19H19ClF5N3O2. The van der Waals surface area contributed by atoms with E-state index in [9.17, 15) is 26.7 Å². The van der Waals surface area contributed by atoms with Gasteiger partial charge in [-0.05, 0) is 43.7 Å². The van der Waals surface area contributed by atoms with Crippen molar-refractivity contribution in [2.45, 2.75) is 32.4 Å². The van der Waals surface area contributed by atoms with E-state index in [-0.39, 0.29) is 11.3 Å². The lowest BCUT2D eigenvalue weighted by molar-refractivity contribution is -0.253. The first-order valence-electron chi connectivity index (χ1n) is 8.89. The Kier molecular flexibility index (Phi) is 7.83. The fourth-order valence-corrected chi connectivity index (χ4v) is 2.74. The van der Waals surface area contributed by atoms with Crippen LogP contribution in [0.4, 0.5) is 26.7 Å². The van der Waals surface area contributed by atoms with Gasteiger partial charge in [-0.2, -0.15) is 17.6 Å². The molecule has 2 amide bonds. The number of urea groups is 1. The predicted octanol–water partition coefficient (Wildman–Crippen LogP) is 5.25. The second-order valence-corrected chi connectivity index (χ2v) is 6.58. The molecule has 11 heteroatoms. The summed E-state index contributed by atoms with van der Waals surface area (Å²) in [5.41, 5.74) is 0.183. The third-order valence-electron chi connectivity index (χ3n) is 4.10. The van der Waals surface area contributed by atoms with Gasteiger partial charge in [-0.15, -0.1) is 0 Å². The zero-order chi connectivity index (χ0) is 22.5. The number of aromatic nitrogens is 1. The Morgan fingerprint density at radius 2 is 1.90 bits per heavy atom. The van der Waals surface area contributed by atoms with Crippen LogP contribution in [0.25, 0.3) is 0 Å². The number of ether oxygens (including phenoxy) is 1. The van der Waals surface area contributed by atoms with Crippen LogP contribution in [0.2, 0.25) is 5.02 Å². The summed E-state index contributed by atoms with van der Waals surface area (Å²) in [5, 5.41) is 2.93. The maximum atomic E-state index is 14.1. The number of rotatable bonds is 8. The number of alkyl halides is 4. The summed E-state index contributed by atoms with van der Waals surface area (Å²) in [4.78, 5) is 18.1. The Morgan fingerprint density at radius 1 is 1.23 bits per heavy atom. The van der Waals surface area contributed by atoms with Gasteiger partial charge in [0.15, 0.2) is 0 Å². The van der Waals surface area contributed by atoms with E-state index in [1.807, 2.05) is 0 Å². The molecule has 0 bridgehead atoms. The van der Waals surface area contributed by atoms with Crippen LogP contribution in [-0.2, 0) is 0 Å². The first-order valence-corrected chi connectivity index (χ1v) is 9.27. The van der Waals surface area contributed by atoms with Crippen LogP contribution < -0.4 is 10.1 Å². The van der Waals surface area contributed by atoms with Crippen molar-refractivity contribution in [3.63, 3.8) is 0 Å². The van der Waals surface area contributed by atoms with Gasteiger partial charge in [-0.3, -0.25) is 4.98 Å². The molecule has 0 aliphatic carbocycles. The molecule has 0 aliphatic rings. The lowest BCUT2D eigenvalue weighted by Gasteiger charge is -2.25. The van der Waals surface area contributed by atoms with Crippen molar-refractivity contribution in [3.8, 4) is 5.75 Å². The maximum Gasteiger partial charge on any atom is 0.461 e. The van der Waals surface area contributed by atoms with Crippen molar-refractivity contribution in [1.29, 1.82) is 0 Å². The van der Waals surface area contributed by atoms with Crippen molar-refractivity contribution in [2.75, 3.05) is 13.1 Å². The zero-order valence-corrected chi connectivity index (χ0v) is 16.8. The van der Waals surface area contributed by atoms with E-state index in [0.717, 1.165) is 12.1 Å². The van der Waals surface area contributed by atoms with Crippen LogP contribution in [0, 0.1) is 5.82 Å². The molecule has 164 valence electrons. The van der Waals surface area contributed by atoms with Crippen molar-refractivity contribution in [2.24, 2.45) is 0 Å². The quantitative estimate of drug-likeness (QED) is 0.558. The highest BCUT2D eigenvalue weighted by atomic mass is 35.5. The summed E-state index contributed by atoms with van der Waals surface area (Å²) in [6, 6.07) is 3.74. The van der Waals surface area contributed by atoms with E-state index in [1.54, 1.807) is 13.8 Å². The summed E-state index contributed by atoms with van der Waals surface area (Å²) < 4.78 is 69.5. The standard InChI is InChI=1S/C19H19ClF5N3O2/c1-3-28(4-2)18(29)27-16(15-6-5-12(20)10-26-15)11-7-13(21)9-14(8-11)30-19(24,25)17(22)23/h5-10,16-17H,3-4H2,1-2H3,(H,27,29)/t16-/m0/s1. The van der Waals surface area contributed by atoms with Gasteiger partial charge < -0.3 is 15.0 Å². The fraction of sp³-hybridized carbons (Fsp3) is 0.368. The first kappa shape index (κ1) is 23.7. The second-order valence-electron chi connectivity index (χ2n) is 6.14. The number of carbonyl (C=O) groups excluding carboxylic acids is 1. The number of carbonyl (C=O) groups is 1. The number of nitrogens with zero attached hydrogens (tertiary/aromatic N) is 2. The van der Waals surface area contributed by atoms with E-state index in [4.69, 9.17) is 11.6 Å². The first-order chi connectivity index (χ1) is 14.1. The number of hydrogen-bond acceptors (Lipinski definition) is 3. The Hall–Kier alpha value is -2.62. The summed E-state index contributed by atoms with van der Waals surface area (Å²) in [7, 11) is 0. The number of amides is 2. The molecule has 0 radical (unpaired) electrons. The van der Waals surface area contributed by atoms with Crippen LogP contribution in [0.1, 0.15) is 31.1 Å². The predicted molar refractivity (Wildman–Crippen MR) is 101 cm³/mol. The van der Waals surface area contributed by atoms with Gasteiger partial charge in [0.2, 0.25) is 0 Å². The maximum absolute atomic E-state index is 14.1. The van der Waals surface area contributed by atoms with Crippen LogP contribution in [0.3, 0.4) is 0 Å². The topological polar surface area (TPSA) is 54.5 Å². The monoisotopic (exact) mass is 451 g/mol. The SMILES string of the molecule is CCN(CC)C(=O)N[C@@H](c1cc(F)cc(OC(F)(F)C(F)F)c1)c1ccc(Cl)cn1. The van der Waals surface area contributed by atoms with Crippen molar-refractivity contribution < 1.29 is 31.5 Å². The largest absolute Gasteiger partial charge is 0.461 e. The summed E-state index contributed by atoms with van der Waals surface area (Å²) in [6.45, 7) is 4.25. The number of nitrogens with one attached hydrogen (secondary N) is 1. The summed E-state index contributed by atoms with van der Waals surface area (Å²) >= 11 is 5.82. The molecule has 2 aromatic rings. The Balaban J connectivity index is 2.47. The highest BCUT2D eigenvalue weighted by Gasteiger charge is 2.44. The minimum Gasteiger partial charge on any atom is -0.428 e. The van der Waals surface area contributed by atoms with Gasteiger partial charge in [-0.1, -0.05) is 11.6 Å². The van der Waals surface area contributed by atoms with E-state index in [2.05, 4.69) is 15.0 Å². The van der Waals surface area contributed by atoms with Gasteiger partial charge in [0.1, 0.15) is 11.6 Å². The lowest BCUT2D eigenvalue weighted by Crippen LogP contribution is -2.42. The highest BCUT2D eigenvalue weighted by molar-refractivity contribution is 6.30. The lowest BCUT2D eigenvalue weighted by atomic mass is 10.0. The van der Waals surface area contributed by atoms with Gasteiger partial charge in [-0.25, -0.2) is 9.18 Å². The third-order valence-corrected chi connectivity index (χ3v) is 4.32. The van der Waals surface area contributed by atoms with Crippen LogP contribution >= 0.6 is 11.6 Å². The average Bonchev–Trinajstić information content (AvgIpc) is 2.67. The molecule has 1 aromatic carbocycles. The molecular weight excluding hydrogens is 433 g/mol. The number of pyridine rings is 1. The second kappa shape index (κ2) is 9.92. The Bertz CT molecular complexity index is 864. The molecule has 30 heavy (non-hydrogen) atoms. The van der Waals surface area contributed by atoms with Crippen LogP contribution in [-0.4, -0.2) is 41.5 Å². The molecule has 0 spiro atoms. The Labute approximate surface area is 174 Å². The van der Waals surface area contributed by atoms with Crippen molar-refractivity contribution in [1.82, 2.24) is 15.2 Å². The average molecular weight is 452 g/mol. The van der Waals surface area contributed by atoms with Crippen LogP contribution in [0.15, 0.2) is 36.5 Å². The molecule has 1 aromatic heterocycles. The molecule has 1 atom stereocenters. The third kappa shape index (κ3) is 5.94. The van der Waals surface area contributed by atoms with Crippen molar-refractivity contribution >= 4 is 17.6 Å². The number of halogens is 6. The number of hydrogen-bond donors (Lipinski definition) is 1. The minimum absolute atomic E-state index is 0.0367. The van der Waals surface area contributed by atoms with Gasteiger partial charge >= 0.3 is 18.6 Å².